The van der Waals surface area contributed by atoms with E-state index in [1.165, 1.54) is 33.6 Å². The number of nitrogens with zero attached hydrogens (tertiary/aromatic N) is 4. The summed E-state index contributed by atoms with van der Waals surface area (Å²) in [6.07, 6.45) is 4.22. The van der Waals surface area contributed by atoms with E-state index in [2.05, 4.69) is 221 Å². The first kappa shape index (κ1) is 51.5. The van der Waals surface area contributed by atoms with Gasteiger partial charge in [-0.25, -0.2) is 9.59 Å². The fraction of sp³-hybridized carbons (Fsp3) is 0.270. The van der Waals surface area contributed by atoms with Crippen LogP contribution in [0.1, 0.15) is 103 Å². The maximum atomic E-state index is 14.1. The molecule has 14 rings (SSSR count). The van der Waals surface area contributed by atoms with Gasteiger partial charge < -0.3 is 28.4 Å². The summed E-state index contributed by atoms with van der Waals surface area (Å²) >= 11 is 0. The van der Waals surface area contributed by atoms with Crippen molar-refractivity contribution in [3.8, 4) is 33.4 Å². The van der Waals surface area contributed by atoms with Gasteiger partial charge in [0.2, 0.25) is 0 Å². The molecule has 0 fully saturated rings. The third-order valence-electron chi connectivity index (χ3n) is 18.9. The molecule has 8 nitrogen and oxygen atoms in total. The van der Waals surface area contributed by atoms with Gasteiger partial charge in [0, 0.05) is 93.6 Å². The molecule has 6 heterocycles. The van der Waals surface area contributed by atoms with Crippen molar-refractivity contribution < 1.29 is 8.83 Å². The molecule has 0 bridgehead atoms. The number of benzene rings is 8. The molecule has 4 aliphatic heterocycles. The monoisotopic (exact) mass is 1080 g/mol. The lowest BCUT2D eigenvalue weighted by Gasteiger charge is -2.48. The minimum Gasteiger partial charge on any atom is -0.422 e. The topological polar surface area (TPSA) is 73.4 Å². The van der Waals surface area contributed by atoms with E-state index in [0.717, 1.165) is 130 Å². The highest BCUT2D eigenvalue weighted by Crippen LogP contribution is 2.54. The summed E-state index contributed by atoms with van der Waals surface area (Å²) in [6, 6.07) is 63.5. The SMILES string of the molecule is CC1(C)CCN2CCC(C)(C)c3c2c1cc1cc(-c2ccc(N(c4ccccc4)c4ccc(-c5ccc(N(c6ccccc6)c6ccc(-c7cc8cc9c%10c(c8oc7=O)C(C)(C)CCN%10CCC9(C)C)cc6)cc5)cc4)cc2)c(=O)oc31. The lowest BCUT2D eigenvalue weighted by molar-refractivity contribution is 0.398. The Morgan fingerprint density at radius 3 is 0.976 bits per heavy atom. The van der Waals surface area contributed by atoms with Crippen molar-refractivity contribution in [2.75, 3.05) is 45.8 Å². The predicted molar refractivity (Wildman–Crippen MR) is 339 cm³/mol. The second-order valence-corrected chi connectivity index (χ2v) is 26.1. The third kappa shape index (κ3) is 8.55. The van der Waals surface area contributed by atoms with Crippen LogP contribution in [0, 0.1) is 0 Å². The Kier molecular flexibility index (Phi) is 11.9. The van der Waals surface area contributed by atoms with Crippen LogP contribution in [0.5, 0.6) is 0 Å². The molecule has 0 unspecified atom stereocenters. The Balaban J connectivity index is 0.748. The van der Waals surface area contributed by atoms with Crippen molar-refractivity contribution in [1.82, 2.24) is 0 Å². The first-order valence-corrected chi connectivity index (χ1v) is 29.4. The average Bonchev–Trinajstić information content (AvgIpc) is 1.99. The number of anilines is 8. The van der Waals surface area contributed by atoms with Crippen LogP contribution < -0.4 is 30.9 Å². The maximum absolute atomic E-state index is 14.1. The van der Waals surface area contributed by atoms with E-state index in [1.54, 1.807) is 0 Å². The molecule has 4 aliphatic rings. The van der Waals surface area contributed by atoms with Crippen LogP contribution >= 0.6 is 0 Å². The lowest BCUT2D eigenvalue weighted by Crippen LogP contribution is -2.44. The van der Waals surface area contributed by atoms with E-state index in [1.807, 2.05) is 36.4 Å². The minimum atomic E-state index is -0.314. The molecule has 8 heteroatoms. The van der Waals surface area contributed by atoms with Crippen LogP contribution in [0.4, 0.5) is 45.5 Å². The van der Waals surface area contributed by atoms with Gasteiger partial charge >= 0.3 is 11.3 Å². The van der Waals surface area contributed by atoms with Crippen molar-refractivity contribution in [3.05, 3.63) is 225 Å². The fourth-order valence-corrected chi connectivity index (χ4v) is 13.9. The zero-order chi connectivity index (χ0) is 56.5. The number of hydrogen-bond donors (Lipinski definition) is 0. The van der Waals surface area contributed by atoms with Gasteiger partial charge in [0.25, 0.3) is 0 Å². The molecule has 0 aliphatic carbocycles. The highest BCUT2D eigenvalue weighted by molar-refractivity contribution is 5.95. The van der Waals surface area contributed by atoms with Crippen LogP contribution in [-0.4, -0.2) is 26.2 Å². The smallest absolute Gasteiger partial charge is 0.344 e. The van der Waals surface area contributed by atoms with Crippen LogP contribution in [-0.2, 0) is 21.7 Å². The quantitative estimate of drug-likeness (QED) is 0.132. The third-order valence-corrected chi connectivity index (χ3v) is 18.9. The zero-order valence-electron chi connectivity index (χ0n) is 48.4. The van der Waals surface area contributed by atoms with Gasteiger partial charge in [0.05, 0.1) is 11.1 Å². The summed E-state index contributed by atoms with van der Waals surface area (Å²) in [5.41, 5.74) is 19.2. The van der Waals surface area contributed by atoms with Crippen LogP contribution in [0.15, 0.2) is 200 Å². The molecule has 0 spiro atoms. The summed E-state index contributed by atoms with van der Waals surface area (Å²) < 4.78 is 12.8. The van der Waals surface area contributed by atoms with Gasteiger partial charge in [-0.1, -0.05) is 140 Å². The highest BCUT2D eigenvalue weighted by Gasteiger charge is 2.44. The van der Waals surface area contributed by atoms with Crippen molar-refractivity contribution in [3.63, 3.8) is 0 Å². The highest BCUT2D eigenvalue weighted by atomic mass is 16.4. The summed E-state index contributed by atoms with van der Waals surface area (Å²) in [6.45, 7) is 22.6. The van der Waals surface area contributed by atoms with E-state index in [4.69, 9.17) is 8.83 Å². The largest absolute Gasteiger partial charge is 0.422 e. The Bertz CT molecular complexity index is 3970. The molecule has 0 atom stereocenters. The number of hydrogen-bond acceptors (Lipinski definition) is 8. The van der Waals surface area contributed by atoms with Gasteiger partial charge in [-0.15, -0.1) is 0 Å². The molecule has 0 saturated heterocycles. The van der Waals surface area contributed by atoms with Crippen molar-refractivity contribution >= 4 is 67.4 Å². The maximum Gasteiger partial charge on any atom is 0.344 e. The number of fused-ring (bicyclic) bond motifs is 4. The van der Waals surface area contributed by atoms with E-state index in [0.29, 0.717) is 11.1 Å². The molecule has 8 aromatic carbocycles. The van der Waals surface area contributed by atoms with Gasteiger partial charge in [0.15, 0.2) is 0 Å². The molecular weight excluding hydrogens is 1010 g/mol. The Labute approximate surface area is 480 Å². The predicted octanol–water partition coefficient (Wildman–Crippen LogP) is 18.2. The average molecular weight is 1080 g/mol. The summed E-state index contributed by atoms with van der Waals surface area (Å²) in [4.78, 5) is 37.7. The standard InChI is InChI=1S/C74H70N4O4/c1-71(2)35-39-75-41-37-73(5,6)63-65(75)61(71)45-51-43-59(69(79)81-67(51)63)49-23-31-57(32-24-49)77(53-15-11-9-12-16-53)55-27-19-47(20-28-55)48-21-29-56(30-22-48)78(54-17-13-10-14-18-54)58-33-25-50(26-34-58)60-44-52-46-62-66-64(68(52)82-70(60)80)74(7,8)38-42-76(66)40-36-72(62,3)4/h9-34,43-46H,35-42H2,1-8H3. The molecule has 2 aromatic heterocycles. The van der Waals surface area contributed by atoms with Gasteiger partial charge in [-0.2, -0.15) is 0 Å². The second kappa shape index (κ2) is 19.0. The van der Waals surface area contributed by atoms with E-state index in [-0.39, 0.29) is 32.9 Å². The molecule has 410 valence electrons. The summed E-state index contributed by atoms with van der Waals surface area (Å²) in [5, 5.41) is 1.97. The van der Waals surface area contributed by atoms with E-state index < -0.39 is 0 Å². The first-order chi connectivity index (χ1) is 39.4. The number of rotatable bonds is 9. The Hall–Kier alpha value is -8.62. The van der Waals surface area contributed by atoms with E-state index in [9.17, 15) is 9.59 Å². The summed E-state index contributed by atoms with van der Waals surface area (Å²) in [5.74, 6) is 0. The van der Waals surface area contributed by atoms with Crippen molar-refractivity contribution in [1.29, 1.82) is 0 Å². The van der Waals surface area contributed by atoms with Crippen LogP contribution in [0.2, 0.25) is 0 Å². The number of para-hydroxylation sites is 2. The van der Waals surface area contributed by atoms with Crippen molar-refractivity contribution in [2.24, 2.45) is 0 Å². The Morgan fingerprint density at radius 1 is 0.354 bits per heavy atom. The summed E-state index contributed by atoms with van der Waals surface area (Å²) in [7, 11) is 0. The molecule has 82 heavy (non-hydrogen) atoms. The van der Waals surface area contributed by atoms with Crippen molar-refractivity contribution in [2.45, 2.75) is 103 Å². The van der Waals surface area contributed by atoms with Gasteiger partial charge in [-0.3, -0.25) is 0 Å². The van der Waals surface area contributed by atoms with Gasteiger partial charge in [-0.05, 0) is 178 Å². The molecule has 0 saturated carbocycles. The molecule has 10 aromatic rings. The van der Waals surface area contributed by atoms with Gasteiger partial charge in [0.1, 0.15) is 11.2 Å². The normalized spacial score (nSPS) is 17.1. The lowest BCUT2D eigenvalue weighted by atomic mass is 9.69. The second-order valence-electron chi connectivity index (χ2n) is 26.1. The molecular formula is C74H70N4O4. The molecule has 0 N–H and O–H groups in total. The Morgan fingerprint density at radius 2 is 0.646 bits per heavy atom. The minimum absolute atomic E-state index is 0.0174. The zero-order valence-corrected chi connectivity index (χ0v) is 48.4. The van der Waals surface area contributed by atoms with Crippen LogP contribution in [0.25, 0.3) is 55.3 Å². The first-order valence-electron chi connectivity index (χ1n) is 29.4. The molecule has 0 amide bonds. The molecule has 0 radical (unpaired) electrons. The van der Waals surface area contributed by atoms with E-state index >= 15 is 0 Å². The van der Waals surface area contributed by atoms with Crippen LogP contribution in [0.3, 0.4) is 0 Å². The fourth-order valence-electron chi connectivity index (χ4n) is 13.9.